The Morgan fingerprint density at radius 2 is 2.24 bits per heavy atom. The van der Waals surface area contributed by atoms with Crippen molar-refractivity contribution in [1.29, 1.82) is 0 Å². The maximum atomic E-state index is 5.45. The highest BCUT2D eigenvalue weighted by molar-refractivity contribution is 8.00. The van der Waals surface area contributed by atoms with E-state index in [1.54, 1.807) is 20.4 Å². The molecule has 0 bridgehead atoms. The number of thioether (sulfide) groups is 1. The van der Waals surface area contributed by atoms with Crippen molar-refractivity contribution in [2.75, 3.05) is 26.5 Å². The van der Waals surface area contributed by atoms with Crippen LogP contribution in [-0.4, -0.2) is 41.2 Å². The van der Waals surface area contributed by atoms with Crippen LogP contribution in [0.5, 0.6) is 11.8 Å². The van der Waals surface area contributed by atoms with Crippen LogP contribution in [0.15, 0.2) is 6.20 Å². The Kier molecular flexibility index (Phi) is 5.70. The zero-order valence-corrected chi connectivity index (χ0v) is 14.1. The first-order chi connectivity index (χ1) is 10.1. The minimum atomic E-state index is 0.131. The fourth-order valence-corrected chi connectivity index (χ4v) is 4.14. The van der Waals surface area contributed by atoms with Crippen molar-refractivity contribution in [2.45, 2.75) is 43.9 Å². The average Bonchev–Trinajstić information content (AvgIpc) is 2.95. The summed E-state index contributed by atoms with van der Waals surface area (Å²) in [5, 5.41) is 3.64. The molecule has 1 saturated heterocycles. The van der Waals surface area contributed by atoms with Gasteiger partial charge in [-0.05, 0) is 38.5 Å². The maximum Gasteiger partial charge on any atom is 0.240 e. The second kappa shape index (κ2) is 7.31. The summed E-state index contributed by atoms with van der Waals surface area (Å²) in [7, 11) is 3.22. The van der Waals surface area contributed by atoms with Gasteiger partial charge >= 0.3 is 0 Å². The number of hydrogen-bond donors (Lipinski definition) is 1. The Labute approximate surface area is 131 Å². The lowest BCUT2D eigenvalue weighted by atomic mass is 9.93. The Morgan fingerprint density at radius 1 is 1.43 bits per heavy atom. The second-order valence-electron chi connectivity index (χ2n) is 5.46. The van der Waals surface area contributed by atoms with Gasteiger partial charge in [-0.2, -0.15) is 16.7 Å². The van der Waals surface area contributed by atoms with Crippen molar-refractivity contribution in [3.63, 3.8) is 0 Å². The highest BCUT2D eigenvalue weighted by atomic mass is 32.2. The molecular formula is C15H25N3O2S. The van der Waals surface area contributed by atoms with Gasteiger partial charge in [0.2, 0.25) is 11.8 Å². The van der Waals surface area contributed by atoms with Gasteiger partial charge in [-0.25, -0.2) is 4.98 Å². The molecule has 2 heterocycles. The molecule has 1 aromatic rings. The van der Waals surface area contributed by atoms with E-state index in [4.69, 9.17) is 9.47 Å². The Bertz CT molecular complexity index is 464. The molecule has 0 saturated carbocycles. The first-order valence-electron chi connectivity index (χ1n) is 7.47. The highest BCUT2D eigenvalue weighted by Crippen LogP contribution is 2.47. The number of aromatic nitrogens is 2. The zero-order valence-electron chi connectivity index (χ0n) is 13.3. The standard InChI is InChI=1S/C15H25N3O2S/c1-5-8-16-13(15(2)7-6-9-21-15)12-14(20-4)18-11(19-3)10-17-12/h10,13,16H,5-9H2,1-4H3. The molecule has 0 spiro atoms. The Hall–Kier alpha value is -1.01. The normalized spacial score (nSPS) is 23.0. The molecule has 5 nitrogen and oxygen atoms in total. The summed E-state index contributed by atoms with van der Waals surface area (Å²) in [4.78, 5) is 8.96. The molecular weight excluding hydrogens is 286 g/mol. The molecule has 1 aromatic heterocycles. The van der Waals surface area contributed by atoms with Crippen LogP contribution in [-0.2, 0) is 0 Å². The molecule has 1 fully saturated rings. The van der Waals surface area contributed by atoms with E-state index in [1.165, 1.54) is 18.6 Å². The van der Waals surface area contributed by atoms with Crippen LogP contribution in [0.1, 0.15) is 44.8 Å². The molecule has 1 aliphatic heterocycles. The minimum absolute atomic E-state index is 0.131. The van der Waals surface area contributed by atoms with Crippen LogP contribution in [0.4, 0.5) is 0 Å². The summed E-state index contributed by atoms with van der Waals surface area (Å²) >= 11 is 2.01. The van der Waals surface area contributed by atoms with Gasteiger partial charge in [-0.1, -0.05) is 6.92 Å². The highest BCUT2D eigenvalue weighted by Gasteiger charge is 2.41. The van der Waals surface area contributed by atoms with Gasteiger partial charge in [-0.3, -0.25) is 0 Å². The van der Waals surface area contributed by atoms with Crippen molar-refractivity contribution in [2.24, 2.45) is 0 Å². The van der Waals surface area contributed by atoms with E-state index in [2.05, 4.69) is 29.1 Å². The molecule has 118 valence electrons. The Balaban J connectivity index is 2.35. The average molecular weight is 311 g/mol. The van der Waals surface area contributed by atoms with E-state index in [0.717, 1.165) is 18.7 Å². The van der Waals surface area contributed by atoms with E-state index in [1.807, 2.05) is 11.8 Å². The predicted octanol–water partition coefficient (Wildman–Crippen LogP) is 2.82. The van der Waals surface area contributed by atoms with Crippen LogP contribution in [0, 0.1) is 0 Å². The van der Waals surface area contributed by atoms with Gasteiger partial charge in [0, 0.05) is 4.75 Å². The van der Waals surface area contributed by atoms with Crippen LogP contribution in [0.3, 0.4) is 0 Å². The van der Waals surface area contributed by atoms with Crippen molar-refractivity contribution in [3.05, 3.63) is 11.9 Å². The van der Waals surface area contributed by atoms with Crippen molar-refractivity contribution in [3.8, 4) is 11.8 Å². The van der Waals surface area contributed by atoms with E-state index in [9.17, 15) is 0 Å². The molecule has 0 aliphatic carbocycles. The van der Waals surface area contributed by atoms with Crippen LogP contribution in [0.2, 0.25) is 0 Å². The number of nitrogens with zero attached hydrogens (tertiary/aromatic N) is 2. The summed E-state index contributed by atoms with van der Waals surface area (Å²) in [5.74, 6) is 2.23. The molecule has 0 aromatic carbocycles. The number of ether oxygens (including phenoxy) is 2. The smallest absolute Gasteiger partial charge is 0.240 e. The van der Waals surface area contributed by atoms with Gasteiger partial charge in [-0.15, -0.1) is 0 Å². The van der Waals surface area contributed by atoms with Crippen molar-refractivity contribution < 1.29 is 9.47 Å². The molecule has 6 heteroatoms. The third kappa shape index (κ3) is 3.61. The molecule has 1 aliphatic rings. The molecule has 1 N–H and O–H groups in total. The second-order valence-corrected chi connectivity index (χ2v) is 7.09. The molecule has 2 unspecified atom stereocenters. The summed E-state index contributed by atoms with van der Waals surface area (Å²) in [6.07, 6.45) is 5.18. The van der Waals surface area contributed by atoms with E-state index in [-0.39, 0.29) is 10.8 Å². The fourth-order valence-electron chi connectivity index (χ4n) is 2.73. The largest absolute Gasteiger partial charge is 0.480 e. The summed E-state index contributed by atoms with van der Waals surface area (Å²) in [5.41, 5.74) is 0.878. The van der Waals surface area contributed by atoms with Gasteiger partial charge < -0.3 is 14.8 Å². The summed E-state index contributed by atoms with van der Waals surface area (Å²) < 4.78 is 10.7. The third-order valence-electron chi connectivity index (χ3n) is 3.88. The van der Waals surface area contributed by atoms with Crippen LogP contribution >= 0.6 is 11.8 Å². The lowest BCUT2D eigenvalue weighted by molar-refractivity contribution is 0.335. The molecule has 2 rings (SSSR count). The lowest BCUT2D eigenvalue weighted by Gasteiger charge is -2.34. The van der Waals surface area contributed by atoms with Gasteiger partial charge in [0.05, 0.1) is 26.5 Å². The lowest BCUT2D eigenvalue weighted by Crippen LogP contribution is -2.39. The molecule has 0 amide bonds. The van der Waals surface area contributed by atoms with E-state index < -0.39 is 0 Å². The molecule has 0 radical (unpaired) electrons. The van der Waals surface area contributed by atoms with Gasteiger partial charge in [0.25, 0.3) is 0 Å². The fraction of sp³-hybridized carbons (Fsp3) is 0.733. The topological polar surface area (TPSA) is 56.3 Å². The molecule has 21 heavy (non-hydrogen) atoms. The zero-order chi connectivity index (χ0) is 15.3. The first-order valence-corrected chi connectivity index (χ1v) is 8.45. The number of nitrogens with one attached hydrogen (secondary N) is 1. The van der Waals surface area contributed by atoms with Crippen molar-refractivity contribution >= 4 is 11.8 Å². The monoisotopic (exact) mass is 311 g/mol. The first kappa shape index (κ1) is 16.4. The Morgan fingerprint density at radius 3 is 2.81 bits per heavy atom. The number of rotatable bonds is 7. The molecule has 2 atom stereocenters. The third-order valence-corrected chi connectivity index (χ3v) is 5.47. The predicted molar refractivity (Wildman–Crippen MR) is 86.3 cm³/mol. The van der Waals surface area contributed by atoms with Crippen LogP contribution in [0.25, 0.3) is 0 Å². The summed E-state index contributed by atoms with van der Waals surface area (Å²) in [6.45, 7) is 5.44. The SMILES string of the molecule is CCCNC(c1ncc(OC)nc1OC)C1(C)CCCS1. The minimum Gasteiger partial charge on any atom is -0.480 e. The summed E-state index contributed by atoms with van der Waals surface area (Å²) in [6, 6.07) is 0.137. The quantitative estimate of drug-likeness (QED) is 0.835. The van der Waals surface area contributed by atoms with E-state index >= 15 is 0 Å². The van der Waals surface area contributed by atoms with E-state index in [0.29, 0.717) is 11.8 Å². The number of methoxy groups -OCH3 is 2. The van der Waals surface area contributed by atoms with Crippen LogP contribution < -0.4 is 14.8 Å². The van der Waals surface area contributed by atoms with Gasteiger partial charge in [0.15, 0.2) is 0 Å². The maximum absolute atomic E-state index is 5.45. The van der Waals surface area contributed by atoms with Gasteiger partial charge in [0.1, 0.15) is 5.69 Å². The number of hydrogen-bond acceptors (Lipinski definition) is 6. The van der Waals surface area contributed by atoms with Crippen molar-refractivity contribution in [1.82, 2.24) is 15.3 Å².